The van der Waals surface area contributed by atoms with Crippen LogP contribution in [0.1, 0.15) is 53.4 Å². The zero-order valence-corrected chi connectivity index (χ0v) is 10.6. The van der Waals surface area contributed by atoms with E-state index in [-0.39, 0.29) is 6.10 Å². The van der Waals surface area contributed by atoms with Gasteiger partial charge < -0.3 is 15.3 Å². The third-order valence-corrected chi connectivity index (χ3v) is 0.928. The van der Waals surface area contributed by atoms with Crippen LogP contribution in [0.25, 0.3) is 0 Å². The molecule has 0 saturated heterocycles. The van der Waals surface area contributed by atoms with E-state index in [1.807, 2.05) is 13.8 Å². The minimum Gasteiger partial charge on any atom is -0.481 e. The molecule has 16 heavy (non-hydrogen) atoms. The molecule has 0 fully saturated rings. The van der Waals surface area contributed by atoms with Crippen molar-refractivity contribution in [2.75, 3.05) is 0 Å². The number of carbonyl (C=O) groups is 2. The van der Waals surface area contributed by atoms with Gasteiger partial charge in [-0.15, -0.1) is 0 Å². The van der Waals surface area contributed by atoms with Crippen molar-refractivity contribution < 1.29 is 24.9 Å². The van der Waals surface area contributed by atoms with Crippen LogP contribution < -0.4 is 0 Å². The van der Waals surface area contributed by atoms with Gasteiger partial charge in [0.25, 0.3) is 0 Å². The minimum atomic E-state index is -0.711. The highest BCUT2D eigenvalue weighted by molar-refractivity contribution is 5.66. The predicted molar refractivity (Wildman–Crippen MR) is 62.4 cm³/mol. The van der Waals surface area contributed by atoms with Gasteiger partial charge in [-0.2, -0.15) is 0 Å². The highest BCUT2D eigenvalue weighted by Gasteiger charge is 1.88. The molecule has 3 N–H and O–H groups in total. The van der Waals surface area contributed by atoms with Crippen molar-refractivity contribution in [3.63, 3.8) is 0 Å². The van der Waals surface area contributed by atoms with E-state index in [1.165, 1.54) is 0 Å². The number of aliphatic hydroxyl groups is 1. The molecular weight excluding hydrogens is 212 g/mol. The van der Waals surface area contributed by atoms with Crippen LogP contribution in [0, 0.1) is 0 Å². The van der Waals surface area contributed by atoms with E-state index in [1.54, 1.807) is 13.8 Å². The Bertz CT molecular complexity index is 147. The summed E-state index contributed by atoms with van der Waals surface area (Å²) in [7, 11) is 0. The van der Waals surface area contributed by atoms with Crippen molar-refractivity contribution in [1.29, 1.82) is 0 Å². The topological polar surface area (TPSA) is 94.8 Å². The first-order valence-electron chi connectivity index (χ1n) is 5.39. The van der Waals surface area contributed by atoms with E-state index in [0.717, 1.165) is 12.8 Å². The lowest BCUT2D eigenvalue weighted by Gasteiger charge is -1.80. The molecule has 0 saturated carbocycles. The summed E-state index contributed by atoms with van der Waals surface area (Å²) >= 11 is 0. The van der Waals surface area contributed by atoms with Crippen LogP contribution in [0.3, 0.4) is 0 Å². The van der Waals surface area contributed by atoms with Gasteiger partial charge in [-0.1, -0.05) is 13.8 Å². The molecule has 0 heterocycles. The Morgan fingerprint density at radius 3 is 1.12 bits per heavy atom. The fourth-order valence-corrected chi connectivity index (χ4v) is 0.428. The molecule has 0 aromatic heterocycles. The van der Waals surface area contributed by atoms with Gasteiger partial charge >= 0.3 is 11.9 Å². The lowest BCUT2D eigenvalue weighted by atomic mass is 10.4. The first kappa shape index (κ1) is 20.3. The molecule has 5 heteroatoms. The summed E-state index contributed by atoms with van der Waals surface area (Å²) in [4.78, 5) is 19.2. The first-order valence-corrected chi connectivity index (χ1v) is 5.39. The summed E-state index contributed by atoms with van der Waals surface area (Å²) in [6.45, 7) is 7.13. The van der Waals surface area contributed by atoms with Crippen LogP contribution in [-0.2, 0) is 9.59 Å². The molecule has 0 unspecified atom stereocenters. The van der Waals surface area contributed by atoms with Crippen molar-refractivity contribution in [3.8, 4) is 0 Å². The van der Waals surface area contributed by atoms with Crippen LogP contribution in [0.2, 0.25) is 0 Å². The Morgan fingerprint density at radius 1 is 0.938 bits per heavy atom. The summed E-state index contributed by atoms with van der Waals surface area (Å²) in [5.74, 6) is -1.42. The normalized spacial score (nSPS) is 8.38. The molecule has 0 aliphatic rings. The fraction of sp³-hybridized carbons (Fsp3) is 0.818. The summed E-state index contributed by atoms with van der Waals surface area (Å²) < 4.78 is 0. The quantitative estimate of drug-likeness (QED) is 0.695. The molecule has 0 radical (unpaired) electrons. The maximum atomic E-state index is 9.60. The van der Waals surface area contributed by atoms with Crippen LogP contribution in [0.15, 0.2) is 0 Å². The first-order chi connectivity index (χ1) is 7.27. The van der Waals surface area contributed by atoms with E-state index in [4.69, 9.17) is 15.3 Å². The average molecular weight is 236 g/mol. The number of aliphatic carboxylic acids is 2. The Hall–Kier alpha value is -1.10. The van der Waals surface area contributed by atoms with Gasteiger partial charge in [-0.25, -0.2) is 0 Å². The van der Waals surface area contributed by atoms with Crippen molar-refractivity contribution >= 4 is 11.9 Å². The number of hydrogen-bond donors (Lipinski definition) is 3. The number of rotatable bonds is 4. The standard InChI is InChI=1S/2C4H8O2.C3H8O/c2*1-2-3-4(5)6;1-3(2)4/h2*2-3H2,1H3,(H,5,6);3-4H,1-2H3. The molecule has 0 aliphatic carbocycles. The predicted octanol–water partition coefficient (Wildman–Crippen LogP) is 2.13. The average Bonchev–Trinajstić information content (AvgIpc) is 2.02. The second-order valence-electron chi connectivity index (χ2n) is 3.38. The highest BCUT2D eigenvalue weighted by Crippen LogP contribution is 1.82. The lowest BCUT2D eigenvalue weighted by molar-refractivity contribution is -0.138. The van der Waals surface area contributed by atoms with Gasteiger partial charge in [0.1, 0.15) is 0 Å². The van der Waals surface area contributed by atoms with Crippen molar-refractivity contribution in [2.45, 2.75) is 59.5 Å². The van der Waals surface area contributed by atoms with E-state index in [0.29, 0.717) is 12.8 Å². The maximum Gasteiger partial charge on any atom is 0.303 e. The molecule has 0 spiro atoms. The SMILES string of the molecule is CC(C)O.CCCC(=O)O.CCCC(=O)O. The van der Waals surface area contributed by atoms with Crippen molar-refractivity contribution in [2.24, 2.45) is 0 Å². The molecule has 0 atom stereocenters. The Kier molecular flexibility index (Phi) is 20.8. The van der Waals surface area contributed by atoms with E-state index >= 15 is 0 Å². The summed E-state index contributed by atoms with van der Waals surface area (Å²) in [5.41, 5.74) is 0. The number of carboxylic acids is 2. The van der Waals surface area contributed by atoms with Gasteiger partial charge in [0.15, 0.2) is 0 Å². The molecule has 0 aliphatic heterocycles. The lowest BCUT2D eigenvalue weighted by Crippen LogP contribution is -1.90. The number of aliphatic hydroxyl groups excluding tert-OH is 1. The van der Waals surface area contributed by atoms with Crippen LogP contribution in [0.4, 0.5) is 0 Å². The highest BCUT2D eigenvalue weighted by atomic mass is 16.4. The monoisotopic (exact) mass is 236 g/mol. The molecule has 0 aromatic rings. The fourth-order valence-electron chi connectivity index (χ4n) is 0.428. The summed E-state index contributed by atoms with van der Waals surface area (Å²) in [6, 6.07) is 0. The van der Waals surface area contributed by atoms with Crippen molar-refractivity contribution in [1.82, 2.24) is 0 Å². The van der Waals surface area contributed by atoms with Gasteiger partial charge in [0.05, 0.1) is 0 Å². The second kappa shape index (κ2) is 16.3. The third-order valence-electron chi connectivity index (χ3n) is 0.928. The Morgan fingerprint density at radius 2 is 1.12 bits per heavy atom. The molecule has 0 rings (SSSR count). The molecular formula is C11H24O5. The van der Waals surface area contributed by atoms with Crippen molar-refractivity contribution in [3.05, 3.63) is 0 Å². The zero-order chi connectivity index (χ0) is 13.6. The van der Waals surface area contributed by atoms with E-state index < -0.39 is 11.9 Å². The zero-order valence-electron chi connectivity index (χ0n) is 10.6. The Labute approximate surface area is 97.1 Å². The van der Waals surface area contributed by atoms with Crippen LogP contribution >= 0.6 is 0 Å². The third kappa shape index (κ3) is 76.1. The van der Waals surface area contributed by atoms with Gasteiger partial charge in [0.2, 0.25) is 0 Å². The maximum absolute atomic E-state index is 9.60. The van der Waals surface area contributed by atoms with E-state index in [2.05, 4.69) is 0 Å². The summed E-state index contributed by atoms with van der Waals surface area (Å²) in [6.07, 6.45) is 1.88. The van der Waals surface area contributed by atoms with E-state index in [9.17, 15) is 9.59 Å². The van der Waals surface area contributed by atoms with Crippen LogP contribution in [0.5, 0.6) is 0 Å². The van der Waals surface area contributed by atoms with Crippen LogP contribution in [-0.4, -0.2) is 33.4 Å². The summed E-state index contributed by atoms with van der Waals surface area (Å²) in [5, 5.41) is 23.9. The molecule has 0 aromatic carbocycles. The molecule has 5 nitrogen and oxygen atoms in total. The smallest absolute Gasteiger partial charge is 0.303 e. The second-order valence-corrected chi connectivity index (χ2v) is 3.38. The largest absolute Gasteiger partial charge is 0.481 e. The number of carboxylic acid groups (broad SMARTS) is 2. The molecule has 0 bridgehead atoms. The number of hydrogen-bond acceptors (Lipinski definition) is 3. The molecule has 98 valence electrons. The Balaban J connectivity index is -0.000000162. The molecule has 0 amide bonds. The van der Waals surface area contributed by atoms with Gasteiger partial charge in [-0.3, -0.25) is 9.59 Å². The van der Waals surface area contributed by atoms with Gasteiger partial charge in [0, 0.05) is 18.9 Å². The minimum absolute atomic E-state index is 0.167. The van der Waals surface area contributed by atoms with Gasteiger partial charge in [-0.05, 0) is 26.7 Å².